The summed E-state index contributed by atoms with van der Waals surface area (Å²) in [4.78, 5) is 12.2. The summed E-state index contributed by atoms with van der Waals surface area (Å²) in [5.74, 6) is 0.523. The second-order valence-electron chi connectivity index (χ2n) is 6.50. The van der Waals surface area contributed by atoms with E-state index in [2.05, 4.69) is 5.32 Å². The Hall–Kier alpha value is -1.99. The molecule has 1 N–H and O–H groups in total. The lowest BCUT2D eigenvalue weighted by molar-refractivity contribution is -0.120. The van der Waals surface area contributed by atoms with Gasteiger partial charge in [-0.25, -0.2) is 8.42 Å². The number of carbonyl (C=O) groups is 1. The fraction of sp³-hybridized carbons (Fsp3) is 0.350. The van der Waals surface area contributed by atoms with E-state index in [0.29, 0.717) is 6.54 Å². The van der Waals surface area contributed by atoms with Crippen molar-refractivity contribution in [3.05, 3.63) is 65.7 Å². The van der Waals surface area contributed by atoms with Crippen LogP contribution in [0.3, 0.4) is 0 Å². The van der Waals surface area contributed by atoms with E-state index >= 15 is 0 Å². The number of benzene rings is 2. The molecule has 1 heterocycles. The summed E-state index contributed by atoms with van der Waals surface area (Å²) in [5.41, 5.74) is 2.98. The molecule has 5 nitrogen and oxygen atoms in total. The topological polar surface area (TPSA) is 66.5 Å². The molecular formula is C20H24N2O3S2. The largest absolute Gasteiger partial charge is 0.354 e. The predicted octanol–water partition coefficient (Wildman–Crippen LogP) is 2.82. The number of sulfonamides is 1. The van der Waals surface area contributed by atoms with Gasteiger partial charge in [-0.05, 0) is 30.5 Å². The summed E-state index contributed by atoms with van der Waals surface area (Å²) in [6.45, 7) is 2.43. The average molecular weight is 405 g/mol. The third-order valence-electron chi connectivity index (χ3n) is 4.55. The Morgan fingerprint density at radius 1 is 1.15 bits per heavy atom. The summed E-state index contributed by atoms with van der Waals surface area (Å²) in [7, 11) is -3.44. The molecule has 0 bridgehead atoms. The minimum Gasteiger partial charge on any atom is -0.354 e. The summed E-state index contributed by atoms with van der Waals surface area (Å²) in [6.07, 6.45) is 0.731. The number of carbonyl (C=O) groups excluding carboxylic acids is 1. The molecule has 1 unspecified atom stereocenters. The summed E-state index contributed by atoms with van der Waals surface area (Å²) < 4.78 is 26.7. The predicted molar refractivity (Wildman–Crippen MR) is 111 cm³/mol. The highest BCUT2D eigenvalue weighted by atomic mass is 32.2. The van der Waals surface area contributed by atoms with Crippen LogP contribution in [0.25, 0.3) is 0 Å². The van der Waals surface area contributed by atoms with Gasteiger partial charge in [-0.1, -0.05) is 48.5 Å². The summed E-state index contributed by atoms with van der Waals surface area (Å²) >= 11 is 1.54. The van der Waals surface area contributed by atoms with Crippen molar-refractivity contribution in [1.82, 2.24) is 5.32 Å². The molecule has 0 fully saturated rings. The molecule has 3 rings (SSSR count). The maximum atomic E-state index is 12.6. The van der Waals surface area contributed by atoms with Crippen LogP contribution in [0.4, 0.5) is 5.69 Å². The van der Waals surface area contributed by atoms with E-state index in [4.69, 9.17) is 0 Å². The number of hydrogen-bond donors (Lipinski definition) is 1. The van der Waals surface area contributed by atoms with E-state index in [9.17, 15) is 13.2 Å². The SMILES string of the molecule is CC(SCc1ccccc1)C(=O)NCCS(=O)(=O)N1CCc2ccccc21. The molecule has 1 aliphatic heterocycles. The molecule has 1 aliphatic rings. The lowest BCUT2D eigenvalue weighted by Crippen LogP contribution is -2.39. The Morgan fingerprint density at radius 3 is 2.63 bits per heavy atom. The van der Waals surface area contributed by atoms with Gasteiger partial charge in [0.15, 0.2) is 0 Å². The van der Waals surface area contributed by atoms with Gasteiger partial charge in [0.05, 0.1) is 16.7 Å². The first-order valence-electron chi connectivity index (χ1n) is 8.99. The third kappa shape index (κ3) is 5.05. The standard InChI is InChI=1S/C20H24N2O3S2/c1-16(26-15-17-7-3-2-4-8-17)20(23)21-12-14-27(24,25)22-13-11-18-9-5-6-10-19(18)22/h2-10,16H,11-15H2,1H3,(H,21,23). The maximum Gasteiger partial charge on any atom is 0.236 e. The van der Waals surface area contributed by atoms with Crippen molar-refractivity contribution in [3.8, 4) is 0 Å². The number of rotatable bonds is 8. The van der Waals surface area contributed by atoms with Crippen LogP contribution in [-0.2, 0) is 27.0 Å². The number of fused-ring (bicyclic) bond motifs is 1. The van der Waals surface area contributed by atoms with Crippen LogP contribution in [0.5, 0.6) is 0 Å². The zero-order valence-electron chi connectivity index (χ0n) is 15.3. The van der Waals surface area contributed by atoms with Gasteiger partial charge < -0.3 is 5.32 Å². The highest BCUT2D eigenvalue weighted by Crippen LogP contribution is 2.29. The van der Waals surface area contributed by atoms with E-state index < -0.39 is 10.0 Å². The first-order valence-corrected chi connectivity index (χ1v) is 11.6. The Bertz CT molecular complexity index is 885. The van der Waals surface area contributed by atoms with Crippen LogP contribution in [-0.4, -0.2) is 38.4 Å². The number of para-hydroxylation sites is 1. The molecule has 27 heavy (non-hydrogen) atoms. The maximum absolute atomic E-state index is 12.6. The molecule has 144 valence electrons. The number of thioether (sulfide) groups is 1. The molecule has 1 atom stereocenters. The molecule has 0 aliphatic carbocycles. The summed E-state index contributed by atoms with van der Waals surface area (Å²) in [5, 5.41) is 2.52. The van der Waals surface area contributed by atoms with Gasteiger partial charge in [-0.15, -0.1) is 11.8 Å². The van der Waals surface area contributed by atoms with Crippen molar-refractivity contribution in [1.29, 1.82) is 0 Å². The van der Waals surface area contributed by atoms with Crippen LogP contribution < -0.4 is 9.62 Å². The molecule has 0 radical (unpaired) electrons. The smallest absolute Gasteiger partial charge is 0.236 e. The molecular weight excluding hydrogens is 380 g/mol. The Morgan fingerprint density at radius 2 is 1.85 bits per heavy atom. The van der Waals surface area contributed by atoms with Crippen LogP contribution >= 0.6 is 11.8 Å². The molecule has 0 saturated carbocycles. The number of hydrogen-bond acceptors (Lipinski definition) is 4. The van der Waals surface area contributed by atoms with Crippen LogP contribution in [0.2, 0.25) is 0 Å². The van der Waals surface area contributed by atoms with Gasteiger partial charge in [0, 0.05) is 18.8 Å². The van der Waals surface area contributed by atoms with Gasteiger partial charge in [-0.2, -0.15) is 0 Å². The quantitative estimate of drug-likeness (QED) is 0.735. The van der Waals surface area contributed by atoms with Crippen molar-refractivity contribution in [2.75, 3.05) is 23.1 Å². The van der Waals surface area contributed by atoms with Crippen molar-refractivity contribution in [2.45, 2.75) is 24.3 Å². The molecule has 2 aromatic rings. The van der Waals surface area contributed by atoms with Crippen LogP contribution in [0, 0.1) is 0 Å². The first-order chi connectivity index (χ1) is 13.0. The number of amides is 1. The van der Waals surface area contributed by atoms with Crippen LogP contribution in [0.1, 0.15) is 18.1 Å². The zero-order valence-corrected chi connectivity index (χ0v) is 16.9. The number of anilines is 1. The van der Waals surface area contributed by atoms with Crippen LogP contribution in [0.15, 0.2) is 54.6 Å². The third-order valence-corrected chi connectivity index (χ3v) is 7.54. The fourth-order valence-corrected chi connectivity index (χ4v) is 5.32. The molecule has 0 saturated heterocycles. The summed E-state index contributed by atoms with van der Waals surface area (Å²) in [6, 6.07) is 17.5. The lowest BCUT2D eigenvalue weighted by Gasteiger charge is -2.20. The Labute approximate surface area is 165 Å². The average Bonchev–Trinajstić information content (AvgIpc) is 3.12. The minimum absolute atomic E-state index is 0.0941. The second-order valence-corrected chi connectivity index (χ2v) is 9.84. The van der Waals surface area contributed by atoms with Gasteiger partial charge in [0.25, 0.3) is 0 Å². The normalized spacial score (nSPS) is 14.6. The van der Waals surface area contributed by atoms with E-state index in [1.165, 1.54) is 16.1 Å². The first kappa shape index (κ1) is 19.8. The minimum atomic E-state index is -3.44. The van der Waals surface area contributed by atoms with E-state index in [1.54, 1.807) is 0 Å². The van der Waals surface area contributed by atoms with Gasteiger partial charge in [-0.3, -0.25) is 9.10 Å². The molecule has 7 heteroatoms. The highest BCUT2D eigenvalue weighted by molar-refractivity contribution is 7.99. The van der Waals surface area contributed by atoms with Gasteiger partial charge >= 0.3 is 0 Å². The highest BCUT2D eigenvalue weighted by Gasteiger charge is 2.28. The van der Waals surface area contributed by atoms with Crippen molar-refractivity contribution in [2.24, 2.45) is 0 Å². The molecule has 0 spiro atoms. The number of nitrogens with zero attached hydrogens (tertiary/aromatic N) is 1. The van der Waals surface area contributed by atoms with Crippen molar-refractivity contribution in [3.63, 3.8) is 0 Å². The molecule has 2 aromatic carbocycles. The van der Waals surface area contributed by atoms with E-state index in [-0.39, 0.29) is 23.5 Å². The van der Waals surface area contributed by atoms with E-state index in [0.717, 1.165) is 29.0 Å². The molecule has 1 amide bonds. The lowest BCUT2D eigenvalue weighted by atomic mass is 10.2. The number of nitrogens with one attached hydrogen (secondary N) is 1. The van der Waals surface area contributed by atoms with E-state index in [1.807, 2.05) is 61.5 Å². The Balaban J connectivity index is 1.46. The monoisotopic (exact) mass is 404 g/mol. The zero-order chi connectivity index (χ0) is 19.3. The van der Waals surface area contributed by atoms with Crippen molar-refractivity contribution < 1.29 is 13.2 Å². The van der Waals surface area contributed by atoms with Crippen molar-refractivity contribution >= 4 is 33.4 Å². The molecule has 0 aromatic heterocycles. The van der Waals surface area contributed by atoms with Gasteiger partial charge in [0.2, 0.25) is 15.9 Å². The Kier molecular flexibility index (Phi) is 6.44. The fourth-order valence-electron chi connectivity index (χ4n) is 3.03. The van der Waals surface area contributed by atoms with Gasteiger partial charge in [0.1, 0.15) is 0 Å². The second kappa shape index (κ2) is 8.80.